The Morgan fingerprint density at radius 3 is 2.73 bits per heavy atom. The van der Waals surface area contributed by atoms with E-state index in [0.29, 0.717) is 30.1 Å². The van der Waals surface area contributed by atoms with Crippen LogP contribution in [-0.4, -0.2) is 36.3 Å². The molecule has 1 saturated heterocycles. The van der Waals surface area contributed by atoms with Crippen molar-refractivity contribution in [1.82, 2.24) is 10.2 Å². The number of fused-ring (bicyclic) bond motifs is 1. The maximum absolute atomic E-state index is 13.4. The van der Waals surface area contributed by atoms with Gasteiger partial charge in [0.25, 0.3) is 5.91 Å². The quantitative estimate of drug-likeness (QED) is 0.563. The molecule has 154 valence electrons. The average molecular weight is 425 g/mol. The lowest BCUT2D eigenvalue weighted by atomic mass is 9.96. The molecule has 0 aliphatic carbocycles. The lowest BCUT2D eigenvalue weighted by molar-refractivity contribution is -0.127. The Balaban J connectivity index is 1.47. The van der Waals surface area contributed by atoms with Gasteiger partial charge in [-0.05, 0) is 59.5 Å². The number of carbonyl (C=O) groups excluding carboxylic acids is 2. The van der Waals surface area contributed by atoms with Crippen LogP contribution in [0.1, 0.15) is 29.6 Å². The van der Waals surface area contributed by atoms with E-state index in [-0.39, 0.29) is 17.6 Å². The zero-order valence-corrected chi connectivity index (χ0v) is 17.2. The van der Waals surface area contributed by atoms with Crippen molar-refractivity contribution in [2.45, 2.75) is 19.3 Å². The number of rotatable bonds is 6. The van der Waals surface area contributed by atoms with E-state index in [2.05, 4.69) is 5.32 Å². The fourth-order valence-corrected chi connectivity index (χ4v) is 4.15. The zero-order chi connectivity index (χ0) is 21.1. The second-order valence-corrected chi connectivity index (χ2v) is 7.87. The van der Waals surface area contributed by atoms with E-state index in [1.54, 1.807) is 12.1 Å². The summed E-state index contributed by atoms with van der Waals surface area (Å²) in [5.74, 6) is -0.320. The van der Waals surface area contributed by atoms with Gasteiger partial charge in [0.15, 0.2) is 0 Å². The molecule has 0 unspecified atom stereocenters. The second kappa shape index (κ2) is 8.84. The first kappa shape index (κ1) is 20.4. The van der Waals surface area contributed by atoms with Crippen molar-refractivity contribution < 1.29 is 14.0 Å². The molecular weight excluding hydrogens is 403 g/mol. The third kappa shape index (κ3) is 4.31. The molecule has 30 heavy (non-hydrogen) atoms. The van der Waals surface area contributed by atoms with Crippen LogP contribution in [0.5, 0.6) is 0 Å². The van der Waals surface area contributed by atoms with E-state index in [4.69, 9.17) is 11.6 Å². The summed E-state index contributed by atoms with van der Waals surface area (Å²) in [6, 6.07) is 15.6. The second-order valence-electron chi connectivity index (χ2n) is 7.46. The van der Waals surface area contributed by atoms with Crippen LogP contribution in [-0.2, 0) is 4.79 Å². The Labute approximate surface area is 179 Å². The summed E-state index contributed by atoms with van der Waals surface area (Å²) in [5.41, 5.74) is 2.21. The average Bonchev–Trinajstić information content (AvgIpc) is 3.15. The number of hydrogen-bond donors (Lipinski definition) is 1. The molecule has 3 aromatic carbocycles. The highest BCUT2D eigenvalue weighted by atomic mass is 35.5. The number of amides is 2. The molecular formula is C24H22ClFN2O2. The summed E-state index contributed by atoms with van der Waals surface area (Å²) in [7, 11) is 0. The number of carbonyl (C=O) groups is 2. The molecule has 6 heteroatoms. The van der Waals surface area contributed by atoms with Crippen LogP contribution < -0.4 is 5.32 Å². The highest BCUT2D eigenvalue weighted by molar-refractivity contribution is 6.33. The summed E-state index contributed by atoms with van der Waals surface area (Å²) in [5, 5.41) is 5.12. The summed E-state index contributed by atoms with van der Waals surface area (Å²) < 4.78 is 13.4. The Kier molecular flexibility index (Phi) is 6.00. The molecule has 1 heterocycles. The first-order valence-corrected chi connectivity index (χ1v) is 10.4. The SMILES string of the molecule is O=C(NCCCN1CCCC1=O)c1ccc2c(-c3ccc(F)cc3Cl)cccc2c1. The van der Waals surface area contributed by atoms with E-state index in [0.717, 1.165) is 41.3 Å². The Bertz CT molecular complexity index is 1120. The number of nitrogens with one attached hydrogen (secondary N) is 1. The lowest BCUT2D eigenvalue weighted by Crippen LogP contribution is -2.30. The summed E-state index contributed by atoms with van der Waals surface area (Å²) >= 11 is 6.24. The van der Waals surface area contributed by atoms with Crippen LogP contribution >= 0.6 is 11.6 Å². The van der Waals surface area contributed by atoms with E-state index in [9.17, 15) is 14.0 Å². The smallest absolute Gasteiger partial charge is 0.251 e. The van der Waals surface area contributed by atoms with Crippen LogP contribution in [0, 0.1) is 5.82 Å². The first-order valence-electron chi connectivity index (χ1n) is 10.1. The molecule has 1 aliphatic heterocycles. The molecule has 3 aromatic rings. The minimum Gasteiger partial charge on any atom is -0.352 e. The van der Waals surface area contributed by atoms with E-state index >= 15 is 0 Å². The molecule has 1 N–H and O–H groups in total. The fraction of sp³-hybridized carbons (Fsp3) is 0.250. The van der Waals surface area contributed by atoms with Crippen LogP contribution in [0.4, 0.5) is 4.39 Å². The summed E-state index contributed by atoms with van der Waals surface area (Å²) in [6.45, 7) is 2.02. The molecule has 0 bridgehead atoms. The molecule has 0 radical (unpaired) electrons. The predicted molar refractivity (Wildman–Crippen MR) is 117 cm³/mol. The molecule has 0 saturated carbocycles. The largest absolute Gasteiger partial charge is 0.352 e. The number of hydrogen-bond acceptors (Lipinski definition) is 2. The number of benzene rings is 3. The van der Waals surface area contributed by atoms with Gasteiger partial charge in [-0.25, -0.2) is 4.39 Å². The van der Waals surface area contributed by atoms with Gasteiger partial charge in [0.2, 0.25) is 5.91 Å². The van der Waals surface area contributed by atoms with Crippen molar-refractivity contribution in [1.29, 1.82) is 0 Å². The normalized spacial score (nSPS) is 13.8. The van der Waals surface area contributed by atoms with E-state index < -0.39 is 0 Å². The van der Waals surface area contributed by atoms with Gasteiger partial charge >= 0.3 is 0 Å². The monoisotopic (exact) mass is 424 g/mol. The molecule has 4 rings (SSSR count). The highest BCUT2D eigenvalue weighted by Crippen LogP contribution is 2.34. The van der Waals surface area contributed by atoms with Crippen LogP contribution in [0.25, 0.3) is 21.9 Å². The van der Waals surface area contributed by atoms with Crippen molar-refractivity contribution >= 4 is 34.2 Å². The summed E-state index contributed by atoms with van der Waals surface area (Å²) in [4.78, 5) is 26.0. The maximum Gasteiger partial charge on any atom is 0.251 e. The van der Waals surface area contributed by atoms with E-state index in [1.165, 1.54) is 12.1 Å². The van der Waals surface area contributed by atoms with Crippen molar-refractivity contribution in [2.24, 2.45) is 0 Å². The van der Waals surface area contributed by atoms with Gasteiger partial charge in [-0.1, -0.05) is 35.9 Å². The molecule has 0 spiro atoms. The third-order valence-corrected chi connectivity index (χ3v) is 5.74. The Morgan fingerprint density at radius 1 is 1.10 bits per heavy atom. The zero-order valence-electron chi connectivity index (χ0n) is 16.5. The number of halogens is 2. The third-order valence-electron chi connectivity index (χ3n) is 5.43. The molecule has 2 amide bonds. The van der Waals surface area contributed by atoms with E-state index in [1.807, 2.05) is 35.2 Å². The van der Waals surface area contributed by atoms with Gasteiger partial charge in [0, 0.05) is 37.2 Å². The fourth-order valence-electron chi connectivity index (χ4n) is 3.88. The van der Waals surface area contributed by atoms with Crippen molar-refractivity contribution in [3.8, 4) is 11.1 Å². The Hall–Kier alpha value is -2.92. The minimum absolute atomic E-state index is 0.144. The Morgan fingerprint density at radius 2 is 1.97 bits per heavy atom. The van der Waals surface area contributed by atoms with Crippen molar-refractivity contribution in [3.63, 3.8) is 0 Å². The highest BCUT2D eigenvalue weighted by Gasteiger charge is 2.19. The predicted octanol–water partition coefficient (Wildman–Crippen LogP) is 5.04. The molecule has 4 nitrogen and oxygen atoms in total. The number of nitrogens with zero attached hydrogens (tertiary/aromatic N) is 1. The van der Waals surface area contributed by atoms with Gasteiger partial charge in [-0.15, -0.1) is 0 Å². The molecule has 0 atom stereocenters. The topological polar surface area (TPSA) is 49.4 Å². The van der Waals surface area contributed by atoms with Gasteiger partial charge in [-0.3, -0.25) is 9.59 Å². The maximum atomic E-state index is 13.4. The van der Waals surface area contributed by atoms with Crippen LogP contribution in [0.2, 0.25) is 5.02 Å². The minimum atomic E-state index is -0.378. The first-order chi connectivity index (χ1) is 14.5. The standard InChI is InChI=1S/C24H22ClFN2O2/c25-22-15-18(26)8-10-21(22)20-5-1-4-16-14-17(7-9-19(16)20)24(30)27-11-3-13-28-12-2-6-23(28)29/h1,4-5,7-10,14-15H,2-3,6,11-13H2,(H,27,30). The van der Waals surface area contributed by atoms with Gasteiger partial charge in [0.05, 0.1) is 5.02 Å². The van der Waals surface area contributed by atoms with Gasteiger partial charge in [-0.2, -0.15) is 0 Å². The molecule has 1 aliphatic rings. The van der Waals surface area contributed by atoms with Crippen LogP contribution in [0.3, 0.4) is 0 Å². The number of likely N-dealkylation sites (tertiary alicyclic amines) is 1. The van der Waals surface area contributed by atoms with Crippen LogP contribution in [0.15, 0.2) is 54.6 Å². The summed E-state index contributed by atoms with van der Waals surface area (Å²) in [6.07, 6.45) is 2.29. The van der Waals surface area contributed by atoms with Crippen molar-refractivity contribution in [3.05, 3.63) is 71.0 Å². The van der Waals surface area contributed by atoms with Crippen molar-refractivity contribution in [2.75, 3.05) is 19.6 Å². The lowest BCUT2D eigenvalue weighted by Gasteiger charge is -2.15. The van der Waals surface area contributed by atoms with Gasteiger partial charge in [0.1, 0.15) is 5.82 Å². The molecule has 1 fully saturated rings. The van der Waals surface area contributed by atoms with Gasteiger partial charge < -0.3 is 10.2 Å². The molecule has 0 aromatic heterocycles.